The number of nitrogens with zero attached hydrogens (tertiary/aromatic N) is 1. The van der Waals surface area contributed by atoms with Gasteiger partial charge in [-0.25, -0.2) is 4.79 Å². The predicted octanol–water partition coefficient (Wildman–Crippen LogP) is 5.31. The highest BCUT2D eigenvalue weighted by molar-refractivity contribution is 7.98. The standard InChI is InChI=1S/C24H19ClN2O6S/c1-14-18(25)8-5-9-19(14)26-22(28)13-33-24(30)17-7-4-3-6-16(17)23(29)15-10-11-21(34-2)20(12-15)27(31)32/h3-12H,13H2,1-2H3,(H,26,28). The lowest BCUT2D eigenvalue weighted by Crippen LogP contribution is -2.22. The number of anilines is 1. The number of nitro groups is 1. The van der Waals surface area contributed by atoms with Crippen molar-refractivity contribution >= 4 is 52.4 Å². The molecule has 1 N–H and O–H groups in total. The van der Waals surface area contributed by atoms with Crippen molar-refractivity contribution in [1.82, 2.24) is 0 Å². The van der Waals surface area contributed by atoms with Gasteiger partial charge in [-0.2, -0.15) is 0 Å². The molecule has 0 spiro atoms. The summed E-state index contributed by atoms with van der Waals surface area (Å²) in [6, 6.07) is 15.1. The van der Waals surface area contributed by atoms with Crippen LogP contribution in [0.3, 0.4) is 0 Å². The summed E-state index contributed by atoms with van der Waals surface area (Å²) < 4.78 is 5.11. The molecule has 0 aromatic heterocycles. The molecule has 0 unspecified atom stereocenters. The molecule has 0 saturated carbocycles. The van der Waals surface area contributed by atoms with Gasteiger partial charge in [0.05, 0.1) is 15.4 Å². The largest absolute Gasteiger partial charge is 0.452 e. The third-order valence-corrected chi connectivity index (χ3v) is 6.10. The molecule has 0 atom stereocenters. The Bertz CT molecular complexity index is 1290. The number of carbonyl (C=O) groups excluding carboxylic acids is 3. The molecule has 8 nitrogen and oxygen atoms in total. The van der Waals surface area contributed by atoms with E-state index >= 15 is 0 Å². The summed E-state index contributed by atoms with van der Waals surface area (Å²) in [4.78, 5) is 49.2. The molecule has 3 aromatic carbocycles. The van der Waals surface area contributed by atoms with Gasteiger partial charge in [0.2, 0.25) is 0 Å². The number of rotatable bonds is 8. The summed E-state index contributed by atoms with van der Waals surface area (Å²) in [5.74, 6) is -2.04. The SMILES string of the molecule is CSc1ccc(C(=O)c2ccccc2C(=O)OCC(=O)Nc2cccc(Cl)c2C)cc1[N+](=O)[O-]. The van der Waals surface area contributed by atoms with Gasteiger partial charge in [-0.3, -0.25) is 19.7 Å². The molecule has 10 heteroatoms. The van der Waals surface area contributed by atoms with E-state index in [1.54, 1.807) is 43.5 Å². The molecule has 0 aliphatic heterocycles. The predicted molar refractivity (Wildman–Crippen MR) is 130 cm³/mol. The second-order valence-electron chi connectivity index (χ2n) is 7.06. The zero-order chi connectivity index (χ0) is 24.8. The molecule has 3 aromatic rings. The van der Waals surface area contributed by atoms with Gasteiger partial charge in [-0.1, -0.05) is 35.9 Å². The highest BCUT2D eigenvalue weighted by atomic mass is 35.5. The van der Waals surface area contributed by atoms with Crippen LogP contribution in [0.4, 0.5) is 11.4 Å². The summed E-state index contributed by atoms with van der Waals surface area (Å²) in [5, 5.41) is 14.4. The number of halogens is 1. The summed E-state index contributed by atoms with van der Waals surface area (Å²) in [6.07, 6.45) is 1.69. The van der Waals surface area contributed by atoms with Crippen LogP contribution in [-0.2, 0) is 9.53 Å². The van der Waals surface area contributed by atoms with Crippen molar-refractivity contribution in [3.05, 3.63) is 98.1 Å². The second kappa shape index (κ2) is 11.0. The number of nitrogens with one attached hydrogen (secondary N) is 1. The van der Waals surface area contributed by atoms with E-state index in [4.69, 9.17) is 16.3 Å². The van der Waals surface area contributed by atoms with Crippen molar-refractivity contribution in [3.63, 3.8) is 0 Å². The number of thioether (sulfide) groups is 1. The van der Waals surface area contributed by atoms with E-state index in [-0.39, 0.29) is 22.4 Å². The van der Waals surface area contributed by atoms with Crippen LogP contribution in [0.5, 0.6) is 0 Å². The number of hydrogen-bond donors (Lipinski definition) is 1. The minimum absolute atomic E-state index is 0.00444. The lowest BCUT2D eigenvalue weighted by Gasteiger charge is -2.11. The lowest BCUT2D eigenvalue weighted by molar-refractivity contribution is -0.387. The van der Waals surface area contributed by atoms with Crippen LogP contribution in [0.25, 0.3) is 0 Å². The van der Waals surface area contributed by atoms with Crippen LogP contribution in [0.15, 0.2) is 65.6 Å². The van der Waals surface area contributed by atoms with Crippen molar-refractivity contribution < 1.29 is 24.0 Å². The molecule has 3 rings (SSSR count). The van der Waals surface area contributed by atoms with Gasteiger partial charge in [-0.05, 0) is 49.1 Å². The Balaban J connectivity index is 1.77. The third-order valence-electron chi connectivity index (χ3n) is 4.91. The average Bonchev–Trinajstić information content (AvgIpc) is 2.84. The van der Waals surface area contributed by atoms with E-state index in [0.717, 1.165) is 0 Å². The van der Waals surface area contributed by atoms with Crippen molar-refractivity contribution in [3.8, 4) is 0 Å². The van der Waals surface area contributed by atoms with E-state index in [9.17, 15) is 24.5 Å². The first-order chi connectivity index (χ1) is 16.2. The van der Waals surface area contributed by atoms with Crippen LogP contribution in [0.1, 0.15) is 31.8 Å². The van der Waals surface area contributed by atoms with Gasteiger partial charge < -0.3 is 10.1 Å². The number of hydrogen-bond acceptors (Lipinski definition) is 7. The maximum atomic E-state index is 13.1. The molecule has 34 heavy (non-hydrogen) atoms. The monoisotopic (exact) mass is 498 g/mol. The molecule has 0 heterocycles. The van der Waals surface area contributed by atoms with E-state index in [0.29, 0.717) is 21.2 Å². The zero-order valence-electron chi connectivity index (χ0n) is 18.2. The maximum Gasteiger partial charge on any atom is 0.339 e. The lowest BCUT2D eigenvalue weighted by atomic mass is 9.98. The van der Waals surface area contributed by atoms with E-state index in [1.165, 1.54) is 42.1 Å². The Morgan fingerprint density at radius 1 is 1.06 bits per heavy atom. The van der Waals surface area contributed by atoms with E-state index in [1.807, 2.05) is 0 Å². The normalized spacial score (nSPS) is 10.4. The fourth-order valence-electron chi connectivity index (χ4n) is 3.13. The number of ether oxygens (including phenoxy) is 1. The Morgan fingerprint density at radius 2 is 1.76 bits per heavy atom. The van der Waals surface area contributed by atoms with E-state index < -0.39 is 29.2 Å². The number of carbonyl (C=O) groups is 3. The van der Waals surface area contributed by atoms with Gasteiger partial charge in [0.25, 0.3) is 11.6 Å². The van der Waals surface area contributed by atoms with Crippen molar-refractivity contribution in [2.24, 2.45) is 0 Å². The zero-order valence-corrected chi connectivity index (χ0v) is 19.7. The Kier molecular flexibility index (Phi) is 8.04. The van der Waals surface area contributed by atoms with Gasteiger partial charge in [0, 0.05) is 27.9 Å². The fraction of sp³-hybridized carbons (Fsp3) is 0.125. The Hall–Kier alpha value is -3.69. The van der Waals surface area contributed by atoms with Gasteiger partial charge >= 0.3 is 5.97 Å². The average molecular weight is 499 g/mol. The molecule has 0 bridgehead atoms. The number of benzene rings is 3. The number of nitro benzene ring substituents is 1. The van der Waals surface area contributed by atoms with Crippen LogP contribution >= 0.6 is 23.4 Å². The van der Waals surface area contributed by atoms with Crippen LogP contribution in [0.2, 0.25) is 5.02 Å². The molecule has 1 amide bonds. The molecule has 0 aliphatic rings. The minimum atomic E-state index is -0.878. The summed E-state index contributed by atoms with van der Waals surface area (Å²) >= 11 is 7.23. The smallest absolute Gasteiger partial charge is 0.339 e. The van der Waals surface area contributed by atoms with Gasteiger partial charge in [0.15, 0.2) is 12.4 Å². The molecule has 174 valence electrons. The summed E-state index contributed by atoms with van der Waals surface area (Å²) in [6.45, 7) is 1.16. The third kappa shape index (κ3) is 5.62. The highest BCUT2D eigenvalue weighted by Crippen LogP contribution is 2.29. The molecule has 0 aliphatic carbocycles. The van der Waals surface area contributed by atoms with Crippen LogP contribution in [0, 0.1) is 17.0 Å². The van der Waals surface area contributed by atoms with Crippen molar-refractivity contribution in [2.45, 2.75) is 11.8 Å². The Labute approximate surface area is 204 Å². The summed E-state index contributed by atoms with van der Waals surface area (Å²) in [7, 11) is 0. The Morgan fingerprint density at radius 3 is 2.44 bits per heavy atom. The van der Waals surface area contributed by atoms with E-state index in [2.05, 4.69) is 5.32 Å². The van der Waals surface area contributed by atoms with Crippen molar-refractivity contribution in [2.75, 3.05) is 18.2 Å². The minimum Gasteiger partial charge on any atom is -0.452 e. The topological polar surface area (TPSA) is 116 Å². The number of esters is 1. The molecule has 0 radical (unpaired) electrons. The van der Waals surface area contributed by atoms with Gasteiger partial charge in [-0.15, -0.1) is 11.8 Å². The second-order valence-corrected chi connectivity index (χ2v) is 8.31. The quantitative estimate of drug-likeness (QED) is 0.147. The van der Waals surface area contributed by atoms with Crippen LogP contribution in [-0.4, -0.2) is 35.4 Å². The molecular weight excluding hydrogens is 480 g/mol. The molecule has 0 fully saturated rings. The highest BCUT2D eigenvalue weighted by Gasteiger charge is 2.23. The number of ketones is 1. The molecular formula is C24H19ClN2O6S. The number of amides is 1. The van der Waals surface area contributed by atoms with Crippen molar-refractivity contribution in [1.29, 1.82) is 0 Å². The van der Waals surface area contributed by atoms with Gasteiger partial charge in [0.1, 0.15) is 0 Å². The molecule has 0 saturated heterocycles. The first-order valence-electron chi connectivity index (χ1n) is 9.91. The van der Waals surface area contributed by atoms with Crippen LogP contribution < -0.4 is 5.32 Å². The fourth-order valence-corrected chi connectivity index (χ4v) is 3.85. The first kappa shape index (κ1) is 24.9. The summed E-state index contributed by atoms with van der Waals surface area (Å²) in [5.41, 5.74) is 0.951. The first-order valence-corrected chi connectivity index (χ1v) is 11.5. The maximum absolute atomic E-state index is 13.1.